The Morgan fingerprint density at radius 3 is 2.96 bits per heavy atom. The Morgan fingerprint density at radius 2 is 2.12 bits per heavy atom. The fourth-order valence-corrected chi connectivity index (χ4v) is 3.05. The SMILES string of the molecule is CC(NC(=O)Cc1[nH]nc2ccccc12)c1cccc(-n2ccnc2)c1. The monoisotopic (exact) mass is 345 g/mol. The van der Waals surface area contributed by atoms with Gasteiger partial charge in [-0.1, -0.05) is 30.3 Å². The van der Waals surface area contributed by atoms with Crippen LogP contribution in [0.3, 0.4) is 0 Å². The molecule has 0 fully saturated rings. The van der Waals surface area contributed by atoms with E-state index in [9.17, 15) is 4.79 Å². The number of nitrogens with one attached hydrogen (secondary N) is 2. The molecular weight excluding hydrogens is 326 g/mol. The van der Waals surface area contributed by atoms with Gasteiger partial charge >= 0.3 is 0 Å². The van der Waals surface area contributed by atoms with E-state index in [-0.39, 0.29) is 18.4 Å². The lowest BCUT2D eigenvalue weighted by Crippen LogP contribution is -2.28. The van der Waals surface area contributed by atoms with Crippen molar-refractivity contribution in [2.45, 2.75) is 19.4 Å². The van der Waals surface area contributed by atoms with E-state index in [0.717, 1.165) is 27.8 Å². The third-order valence-corrected chi connectivity index (χ3v) is 4.43. The molecule has 4 aromatic rings. The normalized spacial score (nSPS) is 12.2. The molecule has 1 amide bonds. The minimum Gasteiger partial charge on any atom is -0.349 e. The van der Waals surface area contributed by atoms with E-state index >= 15 is 0 Å². The van der Waals surface area contributed by atoms with Crippen LogP contribution in [0.4, 0.5) is 0 Å². The number of nitrogens with zero attached hydrogens (tertiary/aromatic N) is 3. The van der Waals surface area contributed by atoms with Crippen molar-refractivity contribution in [1.82, 2.24) is 25.1 Å². The molecule has 0 saturated heterocycles. The highest BCUT2D eigenvalue weighted by Gasteiger charge is 2.13. The second-order valence-corrected chi connectivity index (χ2v) is 6.25. The Labute approximate surface area is 150 Å². The number of aromatic nitrogens is 4. The molecule has 26 heavy (non-hydrogen) atoms. The predicted octanol–water partition coefficient (Wildman–Crippen LogP) is 3.17. The van der Waals surface area contributed by atoms with E-state index in [1.54, 1.807) is 12.5 Å². The van der Waals surface area contributed by atoms with Crippen molar-refractivity contribution in [3.63, 3.8) is 0 Å². The molecule has 6 heteroatoms. The number of carbonyl (C=O) groups excluding carboxylic acids is 1. The summed E-state index contributed by atoms with van der Waals surface area (Å²) in [6, 6.07) is 15.7. The van der Waals surface area contributed by atoms with E-state index in [4.69, 9.17) is 0 Å². The number of aromatic amines is 1. The maximum atomic E-state index is 12.5. The molecule has 4 rings (SSSR count). The van der Waals surface area contributed by atoms with Gasteiger partial charge in [0.05, 0.1) is 30.0 Å². The lowest BCUT2D eigenvalue weighted by Gasteiger charge is -2.15. The molecule has 0 radical (unpaired) electrons. The number of imidazole rings is 1. The first kappa shape index (κ1) is 16.1. The van der Waals surface area contributed by atoms with Crippen molar-refractivity contribution in [1.29, 1.82) is 0 Å². The van der Waals surface area contributed by atoms with E-state index < -0.39 is 0 Å². The summed E-state index contributed by atoms with van der Waals surface area (Å²) >= 11 is 0. The average Bonchev–Trinajstić information content (AvgIpc) is 3.32. The summed E-state index contributed by atoms with van der Waals surface area (Å²) in [7, 11) is 0. The molecule has 130 valence electrons. The second kappa shape index (κ2) is 6.84. The van der Waals surface area contributed by atoms with Crippen LogP contribution < -0.4 is 5.32 Å². The van der Waals surface area contributed by atoms with Gasteiger partial charge < -0.3 is 9.88 Å². The van der Waals surface area contributed by atoms with Crippen molar-refractivity contribution < 1.29 is 4.79 Å². The van der Waals surface area contributed by atoms with E-state index in [1.807, 2.05) is 60.2 Å². The van der Waals surface area contributed by atoms with Gasteiger partial charge in [0, 0.05) is 23.5 Å². The molecule has 1 unspecified atom stereocenters. The van der Waals surface area contributed by atoms with Gasteiger partial charge in [0.15, 0.2) is 0 Å². The number of hydrogen-bond acceptors (Lipinski definition) is 3. The van der Waals surface area contributed by atoms with E-state index in [1.165, 1.54) is 0 Å². The zero-order valence-electron chi connectivity index (χ0n) is 14.4. The highest BCUT2D eigenvalue weighted by molar-refractivity contribution is 5.87. The number of benzene rings is 2. The average molecular weight is 345 g/mol. The van der Waals surface area contributed by atoms with Gasteiger partial charge in [-0.25, -0.2) is 4.98 Å². The molecule has 0 bridgehead atoms. The molecule has 0 aliphatic rings. The second-order valence-electron chi connectivity index (χ2n) is 6.25. The van der Waals surface area contributed by atoms with Crippen LogP contribution in [0.25, 0.3) is 16.6 Å². The maximum absolute atomic E-state index is 12.5. The molecule has 2 aromatic carbocycles. The Bertz CT molecular complexity index is 1040. The minimum atomic E-state index is -0.0971. The first-order chi connectivity index (χ1) is 12.7. The molecule has 6 nitrogen and oxygen atoms in total. The van der Waals surface area contributed by atoms with Gasteiger partial charge in [0.2, 0.25) is 5.91 Å². The van der Waals surface area contributed by atoms with Crippen molar-refractivity contribution in [2.75, 3.05) is 0 Å². The van der Waals surface area contributed by atoms with Crippen LogP contribution in [0, 0.1) is 0 Å². The molecule has 2 heterocycles. The summed E-state index contributed by atoms with van der Waals surface area (Å²) in [6.45, 7) is 1.98. The number of amides is 1. The molecule has 2 aromatic heterocycles. The van der Waals surface area contributed by atoms with Gasteiger partial charge in [-0.05, 0) is 30.7 Å². The largest absolute Gasteiger partial charge is 0.349 e. The summed E-state index contributed by atoms with van der Waals surface area (Å²) < 4.78 is 1.94. The minimum absolute atomic E-state index is 0.0417. The third-order valence-electron chi connectivity index (χ3n) is 4.43. The fourth-order valence-electron chi connectivity index (χ4n) is 3.05. The number of hydrogen-bond donors (Lipinski definition) is 2. The Morgan fingerprint density at radius 1 is 1.23 bits per heavy atom. The number of fused-ring (bicyclic) bond motifs is 1. The topological polar surface area (TPSA) is 75.6 Å². The Balaban J connectivity index is 1.47. The Kier molecular flexibility index (Phi) is 4.23. The predicted molar refractivity (Wildman–Crippen MR) is 99.9 cm³/mol. The van der Waals surface area contributed by atoms with Gasteiger partial charge in [-0.2, -0.15) is 5.10 Å². The highest BCUT2D eigenvalue weighted by atomic mass is 16.1. The summed E-state index contributed by atoms with van der Waals surface area (Å²) in [6.07, 6.45) is 5.66. The van der Waals surface area contributed by atoms with Gasteiger partial charge in [0.1, 0.15) is 0 Å². The fraction of sp³-hybridized carbons (Fsp3) is 0.150. The van der Waals surface area contributed by atoms with Crippen LogP contribution in [0.15, 0.2) is 67.3 Å². The van der Waals surface area contributed by atoms with Crippen LogP contribution in [-0.4, -0.2) is 25.7 Å². The Hall–Kier alpha value is -3.41. The lowest BCUT2D eigenvalue weighted by atomic mass is 10.1. The molecule has 0 saturated carbocycles. The van der Waals surface area contributed by atoms with Crippen LogP contribution in [0.1, 0.15) is 24.2 Å². The summed E-state index contributed by atoms with van der Waals surface area (Å²) in [4.78, 5) is 16.5. The summed E-state index contributed by atoms with van der Waals surface area (Å²) in [5.41, 5.74) is 3.76. The van der Waals surface area contributed by atoms with Crippen molar-refractivity contribution in [3.8, 4) is 5.69 Å². The summed E-state index contributed by atoms with van der Waals surface area (Å²) in [5.74, 6) is -0.0417. The first-order valence-corrected chi connectivity index (χ1v) is 8.50. The summed E-state index contributed by atoms with van der Waals surface area (Å²) in [5, 5.41) is 11.2. The zero-order chi connectivity index (χ0) is 17.9. The highest BCUT2D eigenvalue weighted by Crippen LogP contribution is 2.18. The number of para-hydroxylation sites is 1. The lowest BCUT2D eigenvalue weighted by molar-refractivity contribution is -0.121. The smallest absolute Gasteiger partial charge is 0.226 e. The van der Waals surface area contributed by atoms with Crippen molar-refractivity contribution in [3.05, 3.63) is 78.5 Å². The van der Waals surface area contributed by atoms with Crippen LogP contribution in [0.2, 0.25) is 0 Å². The first-order valence-electron chi connectivity index (χ1n) is 8.50. The van der Waals surface area contributed by atoms with Crippen molar-refractivity contribution in [2.24, 2.45) is 0 Å². The number of carbonyl (C=O) groups is 1. The molecule has 1 atom stereocenters. The molecule has 2 N–H and O–H groups in total. The van der Waals surface area contributed by atoms with Gasteiger partial charge in [-0.15, -0.1) is 0 Å². The van der Waals surface area contributed by atoms with E-state index in [0.29, 0.717) is 0 Å². The third kappa shape index (κ3) is 3.21. The number of H-pyrrole nitrogens is 1. The van der Waals surface area contributed by atoms with Gasteiger partial charge in [0.25, 0.3) is 0 Å². The van der Waals surface area contributed by atoms with E-state index in [2.05, 4.69) is 26.6 Å². The van der Waals surface area contributed by atoms with Crippen LogP contribution >= 0.6 is 0 Å². The maximum Gasteiger partial charge on any atom is 0.226 e. The quantitative estimate of drug-likeness (QED) is 0.583. The molecule has 0 aliphatic carbocycles. The number of rotatable bonds is 5. The molecule has 0 spiro atoms. The van der Waals surface area contributed by atoms with Crippen LogP contribution in [0.5, 0.6) is 0 Å². The van der Waals surface area contributed by atoms with Crippen molar-refractivity contribution >= 4 is 16.8 Å². The molecular formula is C20H19N5O. The molecule has 0 aliphatic heterocycles. The zero-order valence-corrected chi connectivity index (χ0v) is 14.4. The standard InChI is InChI=1S/C20H19N5O/c1-14(15-5-4-6-16(11-15)25-10-9-21-13-25)22-20(26)12-19-17-7-2-3-8-18(17)23-24-19/h2-11,13-14H,12H2,1H3,(H,22,26)(H,23,24). The van der Waals surface area contributed by atoms with Crippen LogP contribution in [-0.2, 0) is 11.2 Å². The van der Waals surface area contributed by atoms with Gasteiger partial charge in [-0.3, -0.25) is 9.89 Å².